The Balaban J connectivity index is 2.39. The third kappa shape index (κ3) is 5.25. The molecule has 3 heteroatoms. The highest BCUT2D eigenvalue weighted by Gasteiger charge is 2.32. The molecule has 0 aromatic rings. The fourth-order valence-corrected chi connectivity index (χ4v) is 2.88. The van der Waals surface area contributed by atoms with Crippen molar-refractivity contribution in [3.63, 3.8) is 0 Å². The van der Waals surface area contributed by atoms with Gasteiger partial charge in [0, 0.05) is 25.7 Å². The zero-order valence-corrected chi connectivity index (χ0v) is 13.2. The Hall–Kier alpha value is -0.120. The molecule has 18 heavy (non-hydrogen) atoms. The minimum atomic E-state index is 0.0849. The number of hydrogen-bond donors (Lipinski definition) is 1. The molecule has 1 aliphatic rings. The van der Waals surface area contributed by atoms with Crippen LogP contribution in [0.3, 0.4) is 0 Å². The molecule has 1 N–H and O–H groups in total. The lowest BCUT2D eigenvalue weighted by atomic mass is 9.88. The molecule has 1 fully saturated rings. The van der Waals surface area contributed by atoms with E-state index in [-0.39, 0.29) is 5.60 Å². The Kier molecular flexibility index (Phi) is 5.63. The van der Waals surface area contributed by atoms with Crippen molar-refractivity contribution >= 4 is 0 Å². The Morgan fingerprint density at radius 1 is 1.39 bits per heavy atom. The first-order valence-corrected chi connectivity index (χ1v) is 7.28. The van der Waals surface area contributed by atoms with Crippen LogP contribution in [0, 0.1) is 5.41 Å². The van der Waals surface area contributed by atoms with Gasteiger partial charge in [-0.2, -0.15) is 0 Å². The van der Waals surface area contributed by atoms with E-state index in [1.165, 1.54) is 0 Å². The van der Waals surface area contributed by atoms with Gasteiger partial charge in [0.05, 0.1) is 5.60 Å². The molecule has 0 aliphatic carbocycles. The predicted octanol–water partition coefficient (Wildman–Crippen LogP) is 2.51. The largest absolute Gasteiger partial charge is 0.375 e. The molecule has 1 rings (SSSR count). The second-order valence-corrected chi connectivity index (χ2v) is 7.12. The first-order valence-electron chi connectivity index (χ1n) is 7.28. The highest BCUT2D eigenvalue weighted by molar-refractivity contribution is 4.87. The van der Waals surface area contributed by atoms with Crippen LogP contribution in [0.15, 0.2) is 0 Å². The van der Waals surface area contributed by atoms with E-state index in [9.17, 15) is 0 Å². The third-order valence-electron chi connectivity index (χ3n) is 3.96. The quantitative estimate of drug-likeness (QED) is 0.790. The van der Waals surface area contributed by atoms with Gasteiger partial charge in [0.25, 0.3) is 0 Å². The van der Waals surface area contributed by atoms with Gasteiger partial charge < -0.3 is 15.0 Å². The predicted molar refractivity (Wildman–Crippen MR) is 78.0 cm³/mol. The monoisotopic (exact) mass is 256 g/mol. The lowest BCUT2D eigenvalue weighted by molar-refractivity contribution is -0.0787. The van der Waals surface area contributed by atoms with Gasteiger partial charge in [-0.1, -0.05) is 20.8 Å². The summed E-state index contributed by atoms with van der Waals surface area (Å²) in [6, 6.07) is 0.616. The minimum Gasteiger partial charge on any atom is -0.375 e. The van der Waals surface area contributed by atoms with Gasteiger partial charge in [-0.15, -0.1) is 0 Å². The van der Waals surface area contributed by atoms with E-state index in [2.05, 4.69) is 52.0 Å². The standard InChI is InChI=1S/C15H32N2O/c1-7-15(4)10-13(8-9-18-15)16-11-14(2,3)12-17(5)6/h13,16H,7-12H2,1-6H3. The van der Waals surface area contributed by atoms with Gasteiger partial charge in [0.1, 0.15) is 0 Å². The summed E-state index contributed by atoms with van der Waals surface area (Å²) in [5.74, 6) is 0. The molecule has 1 aliphatic heterocycles. The average Bonchev–Trinajstić information content (AvgIpc) is 2.25. The molecule has 1 heterocycles. The molecule has 0 amide bonds. The zero-order chi connectivity index (χ0) is 13.8. The summed E-state index contributed by atoms with van der Waals surface area (Å²) in [5, 5.41) is 3.75. The van der Waals surface area contributed by atoms with Crippen molar-refractivity contribution in [2.24, 2.45) is 5.41 Å². The van der Waals surface area contributed by atoms with Crippen molar-refractivity contribution in [3.05, 3.63) is 0 Å². The highest BCUT2D eigenvalue weighted by Crippen LogP contribution is 2.28. The Morgan fingerprint density at radius 2 is 2.06 bits per heavy atom. The summed E-state index contributed by atoms with van der Waals surface area (Å²) in [6.45, 7) is 12.2. The minimum absolute atomic E-state index is 0.0849. The zero-order valence-electron chi connectivity index (χ0n) is 13.2. The van der Waals surface area contributed by atoms with Crippen LogP contribution in [-0.4, -0.2) is 50.3 Å². The molecule has 108 valence electrons. The van der Waals surface area contributed by atoms with Crippen LogP contribution in [0.2, 0.25) is 0 Å². The van der Waals surface area contributed by atoms with Crippen LogP contribution < -0.4 is 5.32 Å². The maximum Gasteiger partial charge on any atom is 0.0666 e. The van der Waals surface area contributed by atoms with Crippen LogP contribution >= 0.6 is 0 Å². The van der Waals surface area contributed by atoms with Gasteiger partial charge in [-0.05, 0) is 45.7 Å². The number of hydrogen-bond acceptors (Lipinski definition) is 3. The summed E-state index contributed by atoms with van der Waals surface area (Å²) in [7, 11) is 4.29. The highest BCUT2D eigenvalue weighted by atomic mass is 16.5. The van der Waals surface area contributed by atoms with Crippen molar-refractivity contribution in [3.8, 4) is 0 Å². The number of rotatable bonds is 6. The average molecular weight is 256 g/mol. The third-order valence-corrected chi connectivity index (χ3v) is 3.96. The SMILES string of the molecule is CCC1(C)CC(NCC(C)(C)CN(C)C)CCO1. The molecule has 3 nitrogen and oxygen atoms in total. The summed E-state index contributed by atoms with van der Waals surface area (Å²) in [4.78, 5) is 2.27. The first-order chi connectivity index (χ1) is 8.26. The molecule has 0 bridgehead atoms. The number of nitrogens with one attached hydrogen (secondary N) is 1. The summed E-state index contributed by atoms with van der Waals surface area (Å²) in [5.41, 5.74) is 0.409. The van der Waals surface area contributed by atoms with E-state index in [0.717, 1.165) is 39.0 Å². The second kappa shape index (κ2) is 6.36. The molecule has 0 aromatic carbocycles. The van der Waals surface area contributed by atoms with Crippen LogP contribution in [0.1, 0.15) is 47.0 Å². The fourth-order valence-electron chi connectivity index (χ4n) is 2.88. The van der Waals surface area contributed by atoms with E-state index in [0.29, 0.717) is 11.5 Å². The van der Waals surface area contributed by atoms with Gasteiger partial charge in [0.2, 0.25) is 0 Å². The van der Waals surface area contributed by atoms with E-state index < -0.39 is 0 Å². The van der Waals surface area contributed by atoms with Crippen molar-refractivity contribution in [2.45, 2.75) is 58.6 Å². The fraction of sp³-hybridized carbons (Fsp3) is 1.00. The van der Waals surface area contributed by atoms with Crippen LogP contribution in [0.5, 0.6) is 0 Å². The molecule has 0 aromatic heterocycles. The molecular weight excluding hydrogens is 224 g/mol. The topological polar surface area (TPSA) is 24.5 Å². The van der Waals surface area contributed by atoms with Crippen molar-refractivity contribution in [1.82, 2.24) is 10.2 Å². The van der Waals surface area contributed by atoms with Gasteiger partial charge in [-0.25, -0.2) is 0 Å². The molecule has 0 radical (unpaired) electrons. The molecule has 1 saturated heterocycles. The number of ether oxygens (including phenoxy) is 1. The summed E-state index contributed by atoms with van der Waals surface area (Å²) >= 11 is 0. The van der Waals surface area contributed by atoms with E-state index in [1.54, 1.807) is 0 Å². The Bertz CT molecular complexity index is 253. The molecule has 2 atom stereocenters. The summed E-state index contributed by atoms with van der Waals surface area (Å²) in [6.07, 6.45) is 3.39. The molecular formula is C15H32N2O. The molecule has 0 spiro atoms. The van der Waals surface area contributed by atoms with Crippen LogP contribution in [0.4, 0.5) is 0 Å². The van der Waals surface area contributed by atoms with E-state index >= 15 is 0 Å². The smallest absolute Gasteiger partial charge is 0.0666 e. The van der Waals surface area contributed by atoms with Crippen LogP contribution in [-0.2, 0) is 4.74 Å². The lowest BCUT2D eigenvalue weighted by Gasteiger charge is -2.39. The van der Waals surface area contributed by atoms with E-state index in [1.807, 2.05) is 0 Å². The van der Waals surface area contributed by atoms with E-state index in [4.69, 9.17) is 4.74 Å². The lowest BCUT2D eigenvalue weighted by Crippen LogP contribution is -2.48. The maximum absolute atomic E-state index is 5.89. The van der Waals surface area contributed by atoms with Crippen molar-refractivity contribution in [1.29, 1.82) is 0 Å². The second-order valence-electron chi connectivity index (χ2n) is 7.12. The maximum atomic E-state index is 5.89. The van der Waals surface area contributed by atoms with Gasteiger partial charge >= 0.3 is 0 Å². The Labute approximate surface area is 113 Å². The Morgan fingerprint density at radius 3 is 2.61 bits per heavy atom. The first kappa shape index (κ1) is 15.9. The molecule has 2 unspecified atom stereocenters. The number of nitrogens with zero attached hydrogens (tertiary/aromatic N) is 1. The van der Waals surface area contributed by atoms with Crippen molar-refractivity contribution in [2.75, 3.05) is 33.8 Å². The molecule has 0 saturated carbocycles. The van der Waals surface area contributed by atoms with Gasteiger partial charge in [-0.3, -0.25) is 0 Å². The van der Waals surface area contributed by atoms with Gasteiger partial charge in [0.15, 0.2) is 0 Å². The normalized spacial score (nSPS) is 29.8. The van der Waals surface area contributed by atoms with Crippen LogP contribution in [0.25, 0.3) is 0 Å². The van der Waals surface area contributed by atoms with Crippen molar-refractivity contribution < 1.29 is 4.74 Å². The summed E-state index contributed by atoms with van der Waals surface area (Å²) < 4.78 is 5.89.